The molecule has 0 amide bonds. The first-order valence-electron chi connectivity index (χ1n) is 19.3. The predicted molar refractivity (Wildman–Crippen MR) is 233 cm³/mol. The van der Waals surface area contributed by atoms with Crippen LogP contribution in [0, 0.1) is 0 Å². The van der Waals surface area contributed by atoms with E-state index in [0.29, 0.717) is 31.1 Å². The van der Waals surface area contributed by atoms with Gasteiger partial charge in [-0.05, 0) is 128 Å². The smallest absolute Gasteiger partial charge is 0.160 e. The van der Waals surface area contributed by atoms with Crippen molar-refractivity contribution in [3.05, 3.63) is 129 Å². The third-order valence-electron chi connectivity index (χ3n) is 10.1. The van der Waals surface area contributed by atoms with Crippen molar-refractivity contribution in [1.29, 1.82) is 0 Å². The summed E-state index contributed by atoms with van der Waals surface area (Å²) < 4.78 is 23.5. The lowest BCUT2D eigenvalue weighted by Gasteiger charge is -2.26. The summed E-state index contributed by atoms with van der Waals surface area (Å²) in [6.07, 6.45) is 9.96. The lowest BCUT2D eigenvalue weighted by molar-refractivity contribution is -0.114. The van der Waals surface area contributed by atoms with Gasteiger partial charge < -0.3 is 24.3 Å². The third kappa shape index (κ3) is 12.9. The fraction of sp³-hybridized carbons (Fsp3) is 0.348. The van der Waals surface area contributed by atoms with Crippen molar-refractivity contribution in [2.45, 2.75) is 50.7 Å². The first-order valence-corrected chi connectivity index (χ1v) is 21.2. The Kier molecular flexibility index (Phi) is 14.9. The Bertz CT molecular complexity index is 2050. The Labute approximate surface area is 354 Å². The molecule has 57 heavy (non-hydrogen) atoms. The highest BCUT2D eigenvalue weighted by Gasteiger charge is 2.35. The van der Waals surface area contributed by atoms with Gasteiger partial charge in [0.25, 0.3) is 0 Å². The van der Waals surface area contributed by atoms with Crippen molar-refractivity contribution in [3.8, 4) is 23.0 Å². The number of nitrogens with zero attached hydrogens (tertiary/aromatic N) is 1. The van der Waals surface area contributed by atoms with Gasteiger partial charge in [0.1, 0.15) is 40.8 Å². The predicted octanol–water partition coefficient (Wildman–Crippen LogP) is 9.47. The molecule has 4 aliphatic rings. The van der Waals surface area contributed by atoms with Crippen LogP contribution in [0.25, 0.3) is 12.2 Å². The highest BCUT2D eigenvalue weighted by Crippen LogP contribution is 2.29. The van der Waals surface area contributed by atoms with E-state index in [1.165, 1.54) is 0 Å². The Balaban J connectivity index is 0.000000159. The molecule has 2 aliphatic carbocycles. The summed E-state index contributed by atoms with van der Waals surface area (Å²) in [5.74, 6) is 3.68. The SMILES string of the molecule is CC1(Oc2ccc(Cl)cc2)CCN(CCOc2ccc3c(c2)CC(=O)C=C3)C1.CC1(Oc2ccc(Cl)cc2)CCNC1.O=C1C=Cc2ccc(OCCBr)cc2C1. The van der Waals surface area contributed by atoms with Crippen LogP contribution < -0.4 is 24.3 Å². The van der Waals surface area contributed by atoms with Gasteiger partial charge in [0.05, 0.1) is 6.61 Å². The molecule has 0 bridgehead atoms. The molecule has 8 nitrogen and oxygen atoms in total. The number of halogens is 3. The second-order valence-corrected chi connectivity index (χ2v) is 16.7. The molecule has 2 saturated heterocycles. The number of ketones is 2. The second kappa shape index (κ2) is 20.0. The number of allylic oxidation sites excluding steroid dienone is 2. The number of likely N-dealkylation sites (tertiary alicyclic amines) is 1. The summed E-state index contributed by atoms with van der Waals surface area (Å²) in [7, 11) is 0. The zero-order valence-electron chi connectivity index (χ0n) is 32.4. The number of hydrogen-bond donors (Lipinski definition) is 1. The molecule has 2 fully saturated rings. The van der Waals surface area contributed by atoms with Crippen molar-refractivity contribution in [2.24, 2.45) is 0 Å². The van der Waals surface area contributed by atoms with Gasteiger partial charge in [-0.1, -0.05) is 63.4 Å². The van der Waals surface area contributed by atoms with Gasteiger partial charge in [-0.2, -0.15) is 0 Å². The fourth-order valence-electron chi connectivity index (χ4n) is 7.04. The van der Waals surface area contributed by atoms with Gasteiger partial charge in [0, 0.05) is 67.2 Å². The molecule has 2 aliphatic heterocycles. The van der Waals surface area contributed by atoms with Crippen molar-refractivity contribution in [2.75, 3.05) is 51.3 Å². The molecular weight excluding hydrogens is 827 g/mol. The Morgan fingerprint density at radius 1 is 0.667 bits per heavy atom. The zero-order valence-corrected chi connectivity index (χ0v) is 35.5. The van der Waals surface area contributed by atoms with E-state index in [-0.39, 0.29) is 22.8 Å². The topological polar surface area (TPSA) is 86.3 Å². The van der Waals surface area contributed by atoms with Gasteiger partial charge in [-0.25, -0.2) is 0 Å². The van der Waals surface area contributed by atoms with Crippen LogP contribution >= 0.6 is 39.1 Å². The van der Waals surface area contributed by atoms with Gasteiger partial charge in [0.15, 0.2) is 11.6 Å². The quantitative estimate of drug-likeness (QED) is 0.149. The molecule has 8 rings (SSSR count). The fourth-order valence-corrected chi connectivity index (χ4v) is 7.45. The number of rotatable bonds is 11. The monoisotopic (exact) mass is 874 g/mol. The van der Waals surface area contributed by atoms with Crippen LogP contribution in [-0.2, 0) is 22.4 Å². The van der Waals surface area contributed by atoms with E-state index >= 15 is 0 Å². The number of benzene rings is 4. The molecule has 0 spiro atoms. The van der Waals surface area contributed by atoms with Gasteiger partial charge in [-0.3, -0.25) is 14.5 Å². The normalized spacial score (nSPS) is 20.7. The molecular formula is C46H49BrCl2N2O6. The molecule has 11 heteroatoms. The number of fused-ring (bicyclic) bond motifs is 2. The van der Waals surface area contributed by atoms with Crippen molar-refractivity contribution in [3.63, 3.8) is 0 Å². The highest BCUT2D eigenvalue weighted by molar-refractivity contribution is 9.09. The lowest BCUT2D eigenvalue weighted by Crippen LogP contribution is -2.37. The largest absolute Gasteiger partial charge is 0.493 e. The minimum Gasteiger partial charge on any atom is -0.493 e. The molecule has 300 valence electrons. The molecule has 4 aromatic carbocycles. The molecule has 2 atom stereocenters. The average molecular weight is 877 g/mol. The third-order valence-corrected chi connectivity index (χ3v) is 10.9. The van der Waals surface area contributed by atoms with E-state index < -0.39 is 0 Å². The number of carbonyl (C=O) groups is 2. The average Bonchev–Trinajstić information content (AvgIpc) is 3.80. The highest BCUT2D eigenvalue weighted by atomic mass is 79.9. The molecule has 1 N–H and O–H groups in total. The lowest BCUT2D eigenvalue weighted by atomic mass is 9.96. The number of ether oxygens (including phenoxy) is 4. The minimum atomic E-state index is -0.202. The maximum Gasteiger partial charge on any atom is 0.160 e. The van der Waals surface area contributed by atoms with E-state index in [1.54, 1.807) is 12.2 Å². The van der Waals surface area contributed by atoms with Crippen molar-refractivity contribution < 1.29 is 28.5 Å². The number of alkyl halides is 1. The Morgan fingerprint density at radius 2 is 1.18 bits per heavy atom. The van der Waals surface area contributed by atoms with Crippen molar-refractivity contribution >= 4 is 62.9 Å². The summed E-state index contributed by atoms with van der Waals surface area (Å²) in [5.41, 5.74) is 4.03. The van der Waals surface area contributed by atoms with E-state index in [4.69, 9.17) is 42.1 Å². The second-order valence-electron chi connectivity index (χ2n) is 15.0. The van der Waals surface area contributed by atoms with Crippen LogP contribution in [0.1, 0.15) is 48.9 Å². The van der Waals surface area contributed by atoms with Crippen LogP contribution in [0.3, 0.4) is 0 Å². The van der Waals surface area contributed by atoms with Crippen LogP contribution in [0.4, 0.5) is 0 Å². The Hall–Kier alpha value is -4.12. The maximum atomic E-state index is 11.6. The molecule has 2 heterocycles. The number of carbonyl (C=O) groups excluding carboxylic acids is 2. The molecule has 0 radical (unpaired) electrons. The first kappa shape index (κ1) is 42.5. The van der Waals surface area contributed by atoms with Crippen LogP contribution in [0.5, 0.6) is 23.0 Å². The van der Waals surface area contributed by atoms with Gasteiger partial charge in [0.2, 0.25) is 0 Å². The number of nitrogens with one attached hydrogen (secondary N) is 1. The minimum absolute atomic E-state index is 0.0617. The van der Waals surface area contributed by atoms with E-state index in [2.05, 4.69) is 40.0 Å². The van der Waals surface area contributed by atoms with Gasteiger partial charge in [-0.15, -0.1) is 0 Å². The molecule has 2 unspecified atom stereocenters. The molecule has 0 saturated carbocycles. The van der Waals surface area contributed by atoms with Crippen molar-refractivity contribution in [1.82, 2.24) is 10.2 Å². The molecule has 4 aromatic rings. The van der Waals surface area contributed by atoms with E-state index in [9.17, 15) is 9.59 Å². The summed E-state index contributed by atoms with van der Waals surface area (Å²) in [6, 6.07) is 26.9. The summed E-state index contributed by atoms with van der Waals surface area (Å²) in [5, 5.41) is 5.56. The summed E-state index contributed by atoms with van der Waals surface area (Å²) in [4.78, 5) is 25.2. The summed E-state index contributed by atoms with van der Waals surface area (Å²) in [6.45, 7) is 10.2. The van der Waals surface area contributed by atoms with E-state index in [0.717, 1.165) is 101 Å². The van der Waals surface area contributed by atoms with Gasteiger partial charge >= 0.3 is 0 Å². The zero-order chi connectivity index (χ0) is 40.3. The molecule has 0 aromatic heterocycles. The van der Waals surface area contributed by atoms with Crippen LogP contribution in [0.2, 0.25) is 10.0 Å². The Morgan fingerprint density at radius 3 is 1.68 bits per heavy atom. The number of hydrogen-bond acceptors (Lipinski definition) is 8. The summed E-state index contributed by atoms with van der Waals surface area (Å²) >= 11 is 15.0. The maximum absolute atomic E-state index is 11.6. The standard InChI is InChI=1S/C23H24ClNO3.C12H11BrO2.C11H14ClNO/c1-23(28-21-8-4-19(24)5-9-21)10-11-25(16-23)12-13-27-22-7-3-17-2-6-20(26)14-18(17)15-22;13-5-6-15-12-4-2-9-1-3-11(14)7-10(9)8-12;1-11(6-7-13-8-11)14-10-4-2-9(12)3-5-10/h2-9,15H,10-14,16H2,1H3;1-4,8H,5-7H2;2-5,13H,6-8H2,1H3. The van der Waals surface area contributed by atoms with E-state index in [1.807, 2.05) is 97.1 Å². The van der Waals surface area contributed by atoms with Crippen LogP contribution in [0.15, 0.2) is 97.1 Å². The van der Waals surface area contributed by atoms with Crippen LogP contribution in [-0.4, -0.2) is 78.9 Å². The first-order chi connectivity index (χ1) is 27.5.